The number of rotatable bonds is 4. The van der Waals surface area contributed by atoms with E-state index in [0.29, 0.717) is 22.6 Å². The summed E-state index contributed by atoms with van der Waals surface area (Å²) in [5, 5.41) is 0.501. The lowest BCUT2D eigenvalue weighted by Gasteiger charge is -2.07. The van der Waals surface area contributed by atoms with E-state index >= 15 is 0 Å². The molecule has 0 aliphatic carbocycles. The molecule has 2 aromatic rings. The van der Waals surface area contributed by atoms with Crippen molar-refractivity contribution in [1.82, 2.24) is 9.97 Å². The number of aromatic nitrogens is 2. The average molecular weight is 326 g/mol. The van der Waals surface area contributed by atoms with Crippen LogP contribution in [0.4, 0.5) is 0 Å². The predicted molar refractivity (Wildman–Crippen MR) is 87.4 cm³/mol. The van der Waals surface area contributed by atoms with Crippen molar-refractivity contribution in [3.05, 3.63) is 53.3 Å². The fraction of sp³-hybridized carbons (Fsp3) is 0.176. The zero-order valence-electron chi connectivity index (χ0n) is 12.6. The number of benzene rings is 1. The Morgan fingerprint density at radius 1 is 1.35 bits per heavy atom. The van der Waals surface area contributed by atoms with Crippen LogP contribution in [0.1, 0.15) is 33.3 Å². The van der Waals surface area contributed by atoms with Crippen LogP contribution in [0.3, 0.4) is 0 Å². The number of thioether (sulfide) groups is 1. The predicted octanol–water partition coefficient (Wildman–Crippen LogP) is 2.61. The molecular formula is C17H14N2O3S. The number of carbonyl (C=O) groups excluding carboxylic acids is 2. The van der Waals surface area contributed by atoms with Crippen LogP contribution >= 0.6 is 11.8 Å². The Morgan fingerprint density at radius 3 is 2.74 bits per heavy atom. The molecule has 23 heavy (non-hydrogen) atoms. The summed E-state index contributed by atoms with van der Waals surface area (Å²) in [7, 11) is 0. The summed E-state index contributed by atoms with van der Waals surface area (Å²) in [5.41, 5.74) is 1.08. The van der Waals surface area contributed by atoms with Gasteiger partial charge in [0.2, 0.25) is 0 Å². The molecule has 1 aromatic carbocycles. The van der Waals surface area contributed by atoms with Gasteiger partial charge in [-0.2, -0.15) is 0 Å². The van der Waals surface area contributed by atoms with Crippen molar-refractivity contribution in [2.24, 2.45) is 0 Å². The fourth-order valence-electron chi connectivity index (χ4n) is 1.67. The molecule has 2 rings (SSSR count). The molecule has 0 aliphatic heterocycles. The lowest BCUT2D eigenvalue weighted by atomic mass is 10.2. The van der Waals surface area contributed by atoms with Crippen molar-refractivity contribution in [2.45, 2.75) is 18.2 Å². The summed E-state index contributed by atoms with van der Waals surface area (Å²) in [6, 6.07) is 8.67. The molecule has 6 heteroatoms. The first kappa shape index (κ1) is 16.7. The molecule has 0 unspecified atom stereocenters. The van der Waals surface area contributed by atoms with E-state index in [9.17, 15) is 9.59 Å². The lowest BCUT2D eigenvalue weighted by molar-refractivity contribution is 0.0438. The first-order valence-electron chi connectivity index (χ1n) is 6.78. The minimum absolute atomic E-state index is 0.221. The van der Waals surface area contributed by atoms with E-state index in [1.54, 1.807) is 31.2 Å². The zero-order valence-corrected chi connectivity index (χ0v) is 13.5. The second-order valence-electron chi connectivity index (χ2n) is 4.46. The minimum Gasteiger partial charge on any atom is -0.446 e. The number of hydrogen-bond acceptors (Lipinski definition) is 6. The van der Waals surface area contributed by atoms with E-state index in [1.165, 1.54) is 18.0 Å². The first-order valence-corrected chi connectivity index (χ1v) is 8.00. The number of hydrogen-bond donors (Lipinski definition) is 0. The molecule has 0 fully saturated rings. The molecule has 0 spiro atoms. The highest BCUT2D eigenvalue weighted by Crippen LogP contribution is 2.10. The summed E-state index contributed by atoms with van der Waals surface area (Å²) < 4.78 is 5.23. The fourth-order valence-corrected chi connectivity index (χ4v) is 2.02. The molecule has 5 nitrogen and oxygen atoms in total. The number of ether oxygens (including phenoxy) is 1. The second-order valence-corrected chi connectivity index (χ2v) is 5.23. The molecule has 116 valence electrons. The Kier molecular flexibility index (Phi) is 5.89. The van der Waals surface area contributed by atoms with Crippen molar-refractivity contribution in [2.75, 3.05) is 6.26 Å². The quantitative estimate of drug-likeness (QED) is 0.283. The maximum Gasteiger partial charge on any atom is 0.339 e. The third-order valence-corrected chi connectivity index (χ3v) is 3.36. The van der Waals surface area contributed by atoms with Crippen LogP contribution in [0.25, 0.3) is 0 Å². The first-order chi connectivity index (χ1) is 11.1. The highest BCUT2D eigenvalue weighted by Gasteiger charge is 2.10. The second kappa shape index (κ2) is 8.11. The molecule has 0 amide bonds. The van der Waals surface area contributed by atoms with E-state index in [1.807, 2.05) is 12.3 Å². The van der Waals surface area contributed by atoms with Crippen LogP contribution in [0, 0.1) is 11.8 Å². The third-order valence-electron chi connectivity index (χ3n) is 2.79. The molecule has 1 heterocycles. The largest absolute Gasteiger partial charge is 0.446 e. The van der Waals surface area contributed by atoms with Gasteiger partial charge in [0.1, 0.15) is 5.69 Å². The van der Waals surface area contributed by atoms with Crippen molar-refractivity contribution >= 4 is 24.0 Å². The molecule has 1 atom stereocenters. The Balaban J connectivity index is 2.09. The van der Waals surface area contributed by atoms with Gasteiger partial charge in [-0.1, -0.05) is 41.8 Å². The average Bonchev–Trinajstić information content (AvgIpc) is 2.60. The molecule has 1 aromatic heterocycles. The van der Waals surface area contributed by atoms with Gasteiger partial charge in [0.25, 0.3) is 0 Å². The van der Waals surface area contributed by atoms with Crippen molar-refractivity contribution < 1.29 is 14.3 Å². The Morgan fingerprint density at radius 2 is 2.09 bits per heavy atom. The molecule has 0 radical (unpaired) electrons. The van der Waals surface area contributed by atoms with Crippen LogP contribution in [0.15, 0.2) is 41.7 Å². The van der Waals surface area contributed by atoms with E-state index in [2.05, 4.69) is 21.8 Å². The number of aldehydes is 1. The summed E-state index contributed by atoms with van der Waals surface area (Å²) in [5.74, 6) is 5.11. The van der Waals surface area contributed by atoms with Crippen LogP contribution in [0.5, 0.6) is 0 Å². The van der Waals surface area contributed by atoms with Crippen molar-refractivity contribution in [1.29, 1.82) is 0 Å². The molecular weight excluding hydrogens is 312 g/mol. The maximum absolute atomic E-state index is 11.9. The van der Waals surface area contributed by atoms with E-state index in [-0.39, 0.29) is 5.69 Å². The van der Waals surface area contributed by atoms with Gasteiger partial charge in [0, 0.05) is 6.20 Å². The Hall–Kier alpha value is -2.65. The maximum atomic E-state index is 11.9. The molecule has 0 aliphatic rings. The number of carbonyl (C=O) groups is 2. The summed E-state index contributed by atoms with van der Waals surface area (Å²) in [6.45, 7) is 1.66. The van der Waals surface area contributed by atoms with E-state index in [0.717, 1.165) is 0 Å². The van der Waals surface area contributed by atoms with Crippen LogP contribution in [-0.2, 0) is 4.74 Å². The van der Waals surface area contributed by atoms with Crippen molar-refractivity contribution in [3.8, 4) is 11.8 Å². The van der Waals surface area contributed by atoms with Gasteiger partial charge < -0.3 is 4.74 Å². The zero-order chi connectivity index (χ0) is 16.7. The van der Waals surface area contributed by atoms with Crippen molar-refractivity contribution in [3.63, 3.8) is 0 Å². The van der Waals surface area contributed by atoms with Gasteiger partial charge in [-0.25, -0.2) is 14.8 Å². The summed E-state index contributed by atoms with van der Waals surface area (Å²) in [6.07, 6.45) is 3.32. The van der Waals surface area contributed by atoms with Crippen LogP contribution in [0.2, 0.25) is 0 Å². The molecule has 0 N–H and O–H groups in total. The smallest absolute Gasteiger partial charge is 0.339 e. The van der Waals surface area contributed by atoms with Gasteiger partial charge >= 0.3 is 5.97 Å². The third kappa shape index (κ3) is 4.66. The lowest BCUT2D eigenvalue weighted by Crippen LogP contribution is -2.13. The van der Waals surface area contributed by atoms with E-state index < -0.39 is 12.1 Å². The monoisotopic (exact) mass is 326 g/mol. The molecule has 0 saturated heterocycles. The van der Waals surface area contributed by atoms with Crippen LogP contribution < -0.4 is 0 Å². The van der Waals surface area contributed by atoms with Gasteiger partial charge in [0.15, 0.2) is 17.5 Å². The SMILES string of the molecule is CSc1ncc(C#C[C@@H](C)OC(=O)c2ccccc2)c(C=O)n1. The summed E-state index contributed by atoms with van der Waals surface area (Å²) in [4.78, 5) is 31.1. The minimum atomic E-state index is -0.623. The van der Waals surface area contributed by atoms with Gasteiger partial charge in [0.05, 0.1) is 11.1 Å². The molecule has 0 bridgehead atoms. The Labute approximate surface area is 138 Å². The van der Waals surface area contributed by atoms with Crippen LogP contribution in [-0.4, -0.2) is 34.6 Å². The highest BCUT2D eigenvalue weighted by atomic mass is 32.2. The van der Waals surface area contributed by atoms with Gasteiger partial charge in [-0.3, -0.25) is 4.79 Å². The van der Waals surface area contributed by atoms with E-state index in [4.69, 9.17) is 4.74 Å². The van der Waals surface area contributed by atoms with Gasteiger partial charge in [-0.05, 0) is 25.3 Å². The number of esters is 1. The standard InChI is InChI=1S/C17H14N2O3S/c1-12(22-16(21)13-6-4-3-5-7-13)8-9-14-10-18-17(23-2)19-15(14)11-20/h3-7,10-12H,1-2H3/t12-/m1/s1. The Bertz CT molecular complexity index is 766. The topological polar surface area (TPSA) is 69.2 Å². The van der Waals surface area contributed by atoms with Gasteiger partial charge in [-0.15, -0.1) is 0 Å². The normalized spacial score (nSPS) is 11.0. The molecule has 0 saturated carbocycles. The summed E-state index contributed by atoms with van der Waals surface area (Å²) >= 11 is 1.34. The number of nitrogens with zero attached hydrogens (tertiary/aromatic N) is 2. The highest BCUT2D eigenvalue weighted by molar-refractivity contribution is 7.98.